The van der Waals surface area contributed by atoms with Crippen LogP contribution in [0.1, 0.15) is 43.6 Å². The molecule has 0 radical (unpaired) electrons. The molecule has 2 N–H and O–H groups in total. The third-order valence-corrected chi connectivity index (χ3v) is 4.12. The Labute approximate surface area is 115 Å². The highest BCUT2D eigenvalue weighted by Gasteiger charge is 2.29. The lowest BCUT2D eigenvalue weighted by Crippen LogP contribution is -2.49. The number of aryl methyl sites for hydroxylation is 1. The van der Waals surface area contributed by atoms with Gasteiger partial charge in [0.25, 0.3) is 5.91 Å². The zero-order valence-electron chi connectivity index (χ0n) is 12.0. The fraction of sp³-hybridized carbons (Fsp3) is 0.667. The molecule has 1 aromatic heterocycles. The lowest BCUT2D eigenvalue weighted by atomic mass is 9.90. The lowest BCUT2D eigenvalue weighted by Gasteiger charge is -2.36. The van der Waals surface area contributed by atoms with Crippen molar-refractivity contribution in [1.29, 1.82) is 0 Å². The van der Waals surface area contributed by atoms with E-state index in [4.69, 9.17) is 5.73 Å². The number of rotatable bonds is 4. The molecule has 4 nitrogen and oxygen atoms in total. The van der Waals surface area contributed by atoms with Crippen LogP contribution in [-0.4, -0.2) is 34.5 Å². The van der Waals surface area contributed by atoms with Crippen molar-refractivity contribution < 1.29 is 4.79 Å². The number of carbonyl (C=O) groups is 1. The van der Waals surface area contributed by atoms with Gasteiger partial charge in [0, 0.05) is 31.9 Å². The summed E-state index contributed by atoms with van der Waals surface area (Å²) >= 11 is 0. The first-order chi connectivity index (χ1) is 9.17. The summed E-state index contributed by atoms with van der Waals surface area (Å²) in [5, 5.41) is 0. The number of nitrogens with zero attached hydrogens (tertiary/aromatic N) is 2. The van der Waals surface area contributed by atoms with E-state index in [1.165, 1.54) is 0 Å². The van der Waals surface area contributed by atoms with Crippen LogP contribution < -0.4 is 5.73 Å². The molecule has 1 fully saturated rings. The SMILES string of the molecule is CCCn1cccc1C(=O)N1CCC(N)C(CC)C1. The van der Waals surface area contributed by atoms with Gasteiger partial charge < -0.3 is 15.2 Å². The van der Waals surface area contributed by atoms with Crippen molar-refractivity contribution in [2.45, 2.75) is 45.7 Å². The molecule has 1 aliphatic heterocycles. The van der Waals surface area contributed by atoms with E-state index in [1.807, 2.05) is 23.2 Å². The number of hydrogen-bond donors (Lipinski definition) is 1. The predicted molar refractivity (Wildman–Crippen MR) is 77.0 cm³/mol. The van der Waals surface area contributed by atoms with E-state index in [9.17, 15) is 4.79 Å². The van der Waals surface area contributed by atoms with Gasteiger partial charge in [0.05, 0.1) is 0 Å². The van der Waals surface area contributed by atoms with E-state index in [1.54, 1.807) is 0 Å². The molecule has 0 aromatic carbocycles. The molecule has 106 valence electrons. The van der Waals surface area contributed by atoms with E-state index in [2.05, 4.69) is 18.4 Å². The first kappa shape index (κ1) is 14.1. The first-order valence-corrected chi connectivity index (χ1v) is 7.37. The minimum absolute atomic E-state index is 0.156. The molecule has 2 heterocycles. The maximum absolute atomic E-state index is 12.6. The Bertz CT molecular complexity index is 427. The summed E-state index contributed by atoms with van der Waals surface area (Å²) in [4.78, 5) is 14.6. The number of carbonyl (C=O) groups excluding carboxylic acids is 1. The number of hydrogen-bond acceptors (Lipinski definition) is 2. The molecule has 19 heavy (non-hydrogen) atoms. The van der Waals surface area contributed by atoms with Crippen molar-refractivity contribution in [3.63, 3.8) is 0 Å². The van der Waals surface area contributed by atoms with Crippen LogP contribution >= 0.6 is 0 Å². The largest absolute Gasteiger partial charge is 0.344 e. The van der Waals surface area contributed by atoms with Crippen molar-refractivity contribution in [3.05, 3.63) is 24.0 Å². The fourth-order valence-electron chi connectivity index (χ4n) is 2.87. The van der Waals surface area contributed by atoms with E-state index < -0.39 is 0 Å². The summed E-state index contributed by atoms with van der Waals surface area (Å²) in [5.74, 6) is 0.594. The van der Waals surface area contributed by atoms with Gasteiger partial charge in [-0.05, 0) is 30.9 Å². The average Bonchev–Trinajstić information content (AvgIpc) is 2.87. The van der Waals surface area contributed by atoms with Gasteiger partial charge >= 0.3 is 0 Å². The Morgan fingerprint density at radius 2 is 2.26 bits per heavy atom. The Morgan fingerprint density at radius 3 is 2.95 bits per heavy atom. The van der Waals surface area contributed by atoms with Crippen LogP contribution in [0.15, 0.2) is 18.3 Å². The Balaban J connectivity index is 2.09. The van der Waals surface area contributed by atoms with E-state index >= 15 is 0 Å². The summed E-state index contributed by atoms with van der Waals surface area (Å²) in [7, 11) is 0. The van der Waals surface area contributed by atoms with Gasteiger partial charge in [0.15, 0.2) is 0 Å². The number of likely N-dealkylation sites (tertiary alicyclic amines) is 1. The highest BCUT2D eigenvalue weighted by atomic mass is 16.2. The van der Waals surface area contributed by atoms with Crippen LogP contribution in [-0.2, 0) is 6.54 Å². The molecule has 4 heteroatoms. The monoisotopic (exact) mass is 263 g/mol. The van der Waals surface area contributed by atoms with Crippen molar-refractivity contribution in [1.82, 2.24) is 9.47 Å². The summed E-state index contributed by atoms with van der Waals surface area (Å²) in [6.07, 6.45) is 4.99. The van der Waals surface area contributed by atoms with Crippen LogP contribution in [0.3, 0.4) is 0 Å². The topological polar surface area (TPSA) is 51.3 Å². The third-order valence-electron chi connectivity index (χ3n) is 4.12. The van der Waals surface area contributed by atoms with Crippen LogP contribution in [0.5, 0.6) is 0 Å². The molecule has 1 aliphatic rings. The Kier molecular flexibility index (Phi) is 4.64. The van der Waals surface area contributed by atoms with Gasteiger partial charge in [-0.1, -0.05) is 20.3 Å². The molecule has 0 spiro atoms. The second-order valence-corrected chi connectivity index (χ2v) is 5.46. The highest BCUT2D eigenvalue weighted by Crippen LogP contribution is 2.20. The number of amides is 1. The molecular formula is C15H25N3O. The molecule has 0 bridgehead atoms. The van der Waals surface area contributed by atoms with Gasteiger partial charge in [-0.2, -0.15) is 0 Å². The van der Waals surface area contributed by atoms with Crippen molar-refractivity contribution in [2.24, 2.45) is 11.7 Å². The van der Waals surface area contributed by atoms with Crippen LogP contribution in [0.4, 0.5) is 0 Å². The highest BCUT2D eigenvalue weighted by molar-refractivity contribution is 5.92. The molecule has 0 saturated carbocycles. The Morgan fingerprint density at radius 1 is 1.47 bits per heavy atom. The zero-order valence-corrected chi connectivity index (χ0v) is 12.0. The van der Waals surface area contributed by atoms with Crippen LogP contribution in [0, 0.1) is 5.92 Å². The Hall–Kier alpha value is -1.29. The van der Waals surface area contributed by atoms with Crippen molar-refractivity contribution in [3.8, 4) is 0 Å². The average molecular weight is 263 g/mol. The molecule has 0 aliphatic carbocycles. The van der Waals surface area contributed by atoms with E-state index in [0.717, 1.165) is 44.6 Å². The maximum atomic E-state index is 12.6. The maximum Gasteiger partial charge on any atom is 0.270 e. The van der Waals surface area contributed by atoms with Gasteiger partial charge in [-0.25, -0.2) is 0 Å². The summed E-state index contributed by atoms with van der Waals surface area (Å²) < 4.78 is 2.05. The molecule has 1 saturated heterocycles. The lowest BCUT2D eigenvalue weighted by molar-refractivity contribution is 0.0638. The minimum atomic E-state index is 0.156. The van der Waals surface area contributed by atoms with Gasteiger partial charge in [-0.15, -0.1) is 0 Å². The van der Waals surface area contributed by atoms with Gasteiger partial charge in [0.2, 0.25) is 0 Å². The van der Waals surface area contributed by atoms with E-state index in [-0.39, 0.29) is 11.9 Å². The number of nitrogens with two attached hydrogens (primary N) is 1. The molecule has 1 amide bonds. The standard InChI is InChI=1S/C15H25N3O/c1-3-8-17-9-5-6-14(17)15(19)18-10-7-13(16)12(4-2)11-18/h5-6,9,12-13H,3-4,7-8,10-11,16H2,1-2H3. The smallest absolute Gasteiger partial charge is 0.270 e. The summed E-state index contributed by atoms with van der Waals surface area (Å²) in [5.41, 5.74) is 6.92. The quantitative estimate of drug-likeness (QED) is 0.904. The van der Waals surface area contributed by atoms with Crippen molar-refractivity contribution >= 4 is 5.91 Å². The normalized spacial score (nSPS) is 23.6. The molecule has 2 atom stereocenters. The summed E-state index contributed by atoms with van der Waals surface area (Å²) in [6.45, 7) is 6.76. The minimum Gasteiger partial charge on any atom is -0.344 e. The summed E-state index contributed by atoms with van der Waals surface area (Å²) in [6, 6.07) is 4.13. The van der Waals surface area contributed by atoms with Gasteiger partial charge in [0.1, 0.15) is 5.69 Å². The molecule has 2 unspecified atom stereocenters. The van der Waals surface area contributed by atoms with Crippen molar-refractivity contribution in [2.75, 3.05) is 13.1 Å². The second-order valence-electron chi connectivity index (χ2n) is 5.46. The second kappa shape index (κ2) is 6.24. The zero-order chi connectivity index (χ0) is 13.8. The number of piperidine rings is 1. The van der Waals surface area contributed by atoms with Gasteiger partial charge in [-0.3, -0.25) is 4.79 Å². The fourth-order valence-corrected chi connectivity index (χ4v) is 2.87. The molecule has 2 rings (SSSR count). The first-order valence-electron chi connectivity index (χ1n) is 7.37. The number of aromatic nitrogens is 1. The third kappa shape index (κ3) is 3.00. The van der Waals surface area contributed by atoms with Crippen LogP contribution in [0.2, 0.25) is 0 Å². The predicted octanol–water partition coefficient (Wildman–Crippen LogP) is 2.10. The van der Waals surface area contributed by atoms with E-state index in [0.29, 0.717) is 5.92 Å². The molecular weight excluding hydrogens is 238 g/mol. The van der Waals surface area contributed by atoms with Crippen LogP contribution in [0.25, 0.3) is 0 Å². The molecule has 1 aromatic rings.